The third kappa shape index (κ3) is 5.47. The highest BCUT2D eigenvalue weighted by Gasteiger charge is 2.26. The van der Waals surface area contributed by atoms with E-state index in [4.69, 9.17) is 5.73 Å². The van der Waals surface area contributed by atoms with E-state index in [-0.39, 0.29) is 11.7 Å². The summed E-state index contributed by atoms with van der Waals surface area (Å²) in [6.07, 6.45) is 1.79. The summed E-state index contributed by atoms with van der Waals surface area (Å²) in [7, 11) is -3.29. The number of carbonyl (C=O) groups excluding carboxylic acids is 1. The van der Waals surface area contributed by atoms with Gasteiger partial charge in [-0.1, -0.05) is 31.5 Å². The monoisotopic (exact) mass is 312 g/mol. The minimum absolute atomic E-state index is 0.00631. The molecule has 3 N–H and O–H groups in total. The molecule has 0 aliphatic rings. The zero-order valence-electron chi connectivity index (χ0n) is 12.6. The van der Waals surface area contributed by atoms with Crippen molar-refractivity contribution in [2.45, 2.75) is 43.5 Å². The van der Waals surface area contributed by atoms with E-state index in [1.165, 1.54) is 0 Å². The highest BCUT2D eigenvalue weighted by atomic mass is 32.2. The van der Waals surface area contributed by atoms with Crippen molar-refractivity contribution in [2.24, 2.45) is 5.73 Å². The Morgan fingerprint density at radius 2 is 1.90 bits per heavy atom. The van der Waals surface area contributed by atoms with Crippen LogP contribution in [0.2, 0.25) is 0 Å². The zero-order chi connectivity index (χ0) is 15.9. The molecule has 5 nitrogen and oxygen atoms in total. The van der Waals surface area contributed by atoms with Gasteiger partial charge in [-0.15, -0.1) is 0 Å². The number of amides is 1. The Labute approximate surface area is 126 Å². The Hall–Kier alpha value is -1.40. The molecular formula is C15H24N2O3S. The molecule has 1 unspecified atom stereocenters. The molecule has 1 aromatic carbocycles. The van der Waals surface area contributed by atoms with Crippen molar-refractivity contribution in [3.05, 3.63) is 30.3 Å². The van der Waals surface area contributed by atoms with Crippen LogP contribution in [0.15, 0.2) is 35.2 Å². The maximum absolute atomic E-state index is 12.0. The molecule has 0 spiro atoms. The Morgan fingerprint density at radius 1 is 1.29 bits per heavy atom. The molecule has 118 valence electrons. The summed E-state index contributed by atoms with van der Waals surface area (Å²) in [5.74, 6) is -0.228. The average molecular weight is 312 g/mol. The number of nitrogens with one attached hydrogen (secondary N) is 1. The van der Waals surface area contributed by atoms with Crippen LogP contribution in [0.5, 0.6) is 0 Å². The average Bonchev–Trinajstić information content (AvgIpc) is 2.44. The van der Waals surface area contributed by atoms with Crippen LogP contribution in [0, 0.1) is 0 Å². The second kappa shape index (κ2) is 7.56. The number of carbonyl (C=O) groups is 1. The quantitative estimate of drug-likeness (QED) is 0.712. The number of hydrogen-bond donors (Lipinski definition) is 2. The molecule has 21 heavy (non-hydrogen) atoms. The molecule has 0 aromatic heterocycles. The second-order valence-electron chi connectivity index (χ2n) is 5.41. The van der Waals surface area contributed by atoms with E-state index in [0.717, 1.165) is 6.42 Å². The SMILES string of the molecule is CCCC(C)(N)C(=O)NCCCS(=O)(=O)c1ccccc1. The van der Waals surface area contributed by atoms with Gasteiger partial charge in [-0.05, 0) is 31.9 Å². The summed E-state index contributed by atoms with van der Waals surface area (Å²) in [5, 5.41) is 2.70. The second-order valence-corrected chi connectivity index (χ2v) is 7.52. The van der Waals surface area contributed by atoms with Gasteiger partial charge >= 0.3 is 0 Å². The van der Waals surface area contributed by atoms with Crippen molar-refractivity contribution in [2.75, 3.05) is 12.3 Å². The highest BCUT2D eigenvalue weighted by molar-refractivity contribution is 7.91. The third-order valence-corrected chi connectivity index (χ3v) is 5.08. The third-order valence-electron chi connectivity index (χ3n) is 3.27. The van der Waals surface area contributed by atoms with E-state index in [1.54, 1.807) is 37.3 Å². The van der Waals surface area contributed by atoms with Crippen molar-refractivity contribution < 1.29 is 13.2 Å². The predicted octanol–water partition coefficient (Wildman–Crippen LogP) is 1.48. The van der Waals surface area contributed by atoms with Crippen LogP contribution in [0.1, 0.15) is 33.1 Å². The molecule has 0 aliphatic heterocycles. The summed E-state index contributed by atoms with van der Waals surface area (Å²) >= 11 is 0. The van der Waals surface area contributed by atoms with Crippen LogP contribution in [-0.4, -0.2) is 32.2 Å². The van der Waals surface area contributed by atoms with E-state index in [0.29, 0.717) is 24.3 Å². The van der Waals surface area contributed by atoms with Gasteiger partial charge in [0.15, 0.2) is 9.84 Å². The summed E-state index contributed by atoms with van der Waals surface area (Å²) in [6.45, 7) is 3.96. The number of benzene rings is 1. The van der Waals surface area contributed by atoms with Crippen molar-refractivity contribution in [3.8, 4) is 0 Å². The summed E-state index contributed by atoms with van der Waals surface area (Å²) in [5.41, 5.74) is 5.00. The predicted molar refractivity (Wildman–Crippen MR) is 83.6 cm³/mol. The van der Waals surface area contributed by atoms with Gasteiger partial charge < -0.3 is 11.1 Å². The van der Waals surface area contributed by atoms with Gasteiger partial charge in [-0.2, -0.15) is 0 Å². The molecule has 1 amide bonds. The molecule has 1 rings (SSSR count). The fraction of sp³-hybridized carbons (Fsp3) is 0.533. The van der Waals surface area contributed by atoms with Crippen LogP contribution in [-0.2, 0) is 14.6 Å². The minimum atomic E-state index is -3.29. The van der Waals surface area contributed by atoms with Gasteiger partial charge in [-0.3, -0.25) is 4.79 Å². The van der Waals surface area contributed by atoms with Gasteiger partial charge in [-0.25, -0.2) is 8.42 Å². The molecule has 0 saturated heterocycles. The first-order valence-corrected chi connectivity index (χ1v) is 8.80. The molecule has 0 bridgehead atoms. The van der Waals surface area contributed by atoms with E-state index in [2.05, 4.69) is 5.32 Å². The van der Waals surface area contributed by atoms with Crippen LogP contribution in [0.25, 0.3) is 0 Å². The smallest absolute Gasteiger partial charge is 0.239 e. The van der Waals surface area contributed by atoms with E-state index >= 15 is 0 Å². The van der Waals surface area contributed by atoms with Crippen LogP contribution in [0.4, 0.5) is 0 Å². The standard InChI is InChI=1S/C15H24N2O3S/c1-3-10-15(2,16)14(18)17-11-7-12-21(19,20)13-8-5-4-6-9-13/h4-6,8-9H,3,7,10-12,16H2,1-2H3,(H,17,18). The lowest BCUT2D eigenvalue weighted by Gasteiger charge is -2.22. The van der Waals surface area contributed by atoms with E-state index in [1.807, 2.05) is 6.92 Å². The van der Waals surface area contributed by atoms with E-state index < -0.39 is 15.4 Å². The largest absolute Gasteiger partial charge is 0.354 e. The number of sulfone groups is 1. The Morgan fingerprint density at radius 3 is 2.48 bits per heavy atom. The summed E-state index contributed by atoms with van der Waals surface area (Å²) in [4.78, 5) is 12.2. The number of rotatable bonds is 8. The van der Waals surface area contributed by atoms with Crippen molar-refractivity contribution in [1.29, 1.82) is 0 Å². The van der Waals surface area contributed by atoms with Crippen LogP contribution < -0.4 is 11.1 Å². The molecule has 0 aliphatic carbocycles. The lowest BCUT2D eigenvalue weighted by Crippen LogP contribution is -2.51. The fourth-order valence-corrected chi connectivity index (χ4v) is 3.38. The van der Waals surface area contributed by atoms with Gasteiger partial charge in [0.1, 0.15) is 0 Å². The Balaban J connectivity index is 2.43. The molecule has 6 heteroatoms. The normalized spacial score (nSPS) is 14.4. The van der Waals surface area contributed by atoms with Gasteiger partial charge in [0.05, 0.1) is 16.2 Å². The fourth-order valence-electron chi connectivity index (χ4n) is 2.04. The first kappa shape index (κ1) is 17.7. The van der Waals surface area contributed by atoms with Crippen molar-refractivity contribution >= 4 is 15.7 Å². The lowest BCUT2D eigenvalue weighted by atomic mass is 9.96. The van der Waals surface area contributed by atoms with E-state index in [9.17, 15) is 13.2 Å². The topological polar surface area (TPSA) is 89.3 Å². The molecule has 0 radical (unpaired) electrons. The number of hydrogen-bond acceptors (Lipinski definition) is 4. The molecule has 1 aromatic rings. The molecule has 0 fully saturated rings. The molecule has 1 atom stereocenters. The minimum Gasteiger partial charge on any atom is -0.354 e. The Kier molecular flexibility index (Phi) is 6.36. The van der Waals surface area contributed by atoms with Gasteiger partial charge in [0.2, 0.25) is 5.91 Å². The molecule has 0 saturated carbocycles. The summed E-state index contributed by atoms with van der Waals surface area (Å²) in [6, 6.07) is 8.31. The van der Waals surface area contributed by atoms with Gasteiger partial charge in [0, 0.05) is 6.54 Å². The number of nitrogens with two attached hydrogens (primary N) is 1. The van der Waals surface area contributed by atoms with Crippen LogP contribution in [0.3, 0.4) is 0 Å². The maximum atomic E-state index is 12.0. The molecule has 0 heterocycles. The first-order chi connectivity index (χ1) is 9.79. The lowest BCUT2D eigenvalue weighted by molar-refractivity contribution is -0.126. The first-order valence-electron chi connectivity index (χ1n) is 7.14. The van der Waals surface area contributed by atoms with Crippen molar-refractivity contribution in [1.82, 2.24) is 5.32 Å². The summed E-state index contributed by atoms with van der Waals surface area (Å²) < 4.78 is 24.1. The Bertz CT molecular complexity index is 554. The zero-order valence-corrected chi connectivity index (χ0v) is 13.4. The molecular weight excluding hydrogens is 288 g/mol. The highest BCUT2D eigenvalue weighted by Crippen LogP contribution is 2.11. The van der Waals surface area contributed by atoms with Gasteiger partial charge in [0.25, 0.3) is 0 Å². The van der Waals surface area contributed by atoms with Crippen molar-refractivity contribution in [3.63, 3.8) is 0 Å². The maximum Gasteiger partial charge on any atom is 0.239 e. The van der Waals surface area contributed by atoms with Crippen LogP contribution >= 0.6 is 0 Å².